The standard InChI is InChI=1S/C13H22N2O/c1-3-11(4-2)13(16)10-14-9-12-7-5-6-8-15-12/h5-8,11,13-14,16H,3-4,9-10H2,1-2H3. The van der Waals surface area contributed by atoms with Crippen LogP contribution in [0.5, 0.6) is 0 Å². The zero-order chi connectivity index (χ0) is 11.8. The smallest absolute Gasteiger partial charge is 0.0692 e. The van der Waals surface area contributed by atoms with E-state index in [0.29, 0.717) is 12.5 Å². The van der Waals surface area contributed by atoms with Crippen LogP contribution in [-0.4, -0.2) is 22.7 Å². The molecule has 0 radical (unpaired) electrons. The monoisotopic (exact) mass is 222 g/mol. The van der Waals surface area contributed by atoms with Gasteiger partial charge in [0, 0.05) is 19.3 Å². The van der Waals surface area contributed by atoms with Crippen molar-refractivity contribution in [2.75, 3.05) is 6.54 Å². The van der Waals surface area contributed by atoms with Crippen molar-refractivity contribution >= 4 is 0 Å². The maximum Gasteiger partial charge on any atom is 0.0692 e. The van der Waals surface area contributed by atoms with Gasteiger partial charge in [-0.05, 0) is 18.1 Å². The van der Waals surface area contributed by atoms with Crippen molar-refractivity contribution in [1.29, 1.82) is 0 Å². The maximum atomic E-state index is 9.90. The molecule has 1 heterocycles. The molecule has 0 amide bonds. The molecule has 1 rings (SSSR count). The molecule has 0 aliphatic rings. The Morgan fingerprint density at radius 3 is 2.62 bits per heavy atom. The van der Waals surface area contributed by atoms with E-state index in [1.807, 2.05) is 18.2 Å². The predicted octanol–water partition coefficient (Wildman–Crippen LogP) is 1.97. The van der Waals surface area contributed by atoms with Crippen molar-refractivity contribution in [3.8, 4) is 0 Å². The Kier molecular flexibility index (Phi) is 6.04. The first-order valence-electron chi connectivity index (χ1n) is 6.06. The third-order valence-corrected chi connectivity index (χ3v) is 2.98. The van der Waals surface area contributed by atoms with Gasteiger partial charge in [0.05, 0.1) is 11.8 Å². The zero-order valence-electron chi connectivity index (χ0n) is 10.2. The molecule has 1 aromatic rings. The highest BCUT2D eigenvalue weighted by Crippen LogP contribution is 2.12. The molecule has 1 atom stereocenters. The Bertz CT molecular complexity index is 273. The lowest BCUT2D eigenvalue weighted by atomic mass is 9.96. The van der Waals surface area contributed by atoms with Gasteiger partial charge in [0.2, 0.25) is 0 Å². The summed E-state index contributed by atoms with van der Waals surface area (Å²) in [5.41, 5.74) is 1.01. The van der Waals surface area contributed by atoms with Gasteiger partial charge in [-0.3, -0.25) is 4.98 Å². The van der Waals surface area contributed by atoms with E-state index in [1.165, 1.54) is 0 Å². The third kappa shape index (κ3) is 4.29. The highest BCUT2D eigenvalue weighted by Gasteiger charge is 2.14. The van der Waals surface area contributed by atoms with Crippen molar-refractivity contribution in [2.24, 2.45) is 5.92 Å². The second-order valence-corrected chi connectivity index (χ2v) is 4.10. The Morgan fingerprint density at radius 1 is 1.31 bits per heavy atom. The SMILES string of the molecule is CCC(CC)C(O)CNCc1ccccn1. The van der Waals surface area contributed by atoms with E-state index in [9.17, 15) is 5.11 Å². The summed E-state index contributed by atoms with van der Waals surface area (Å²) >= 11 is 0. The second-order valence-electron chi connectivity index (χ2n) is 4.10. The van der Waals surface area contributed by atoms with Crippen molar-refractivity contribution in [2.45, 2.75) is 39.3 Å². The lowest BCUT2D eigenvalue weighted by molar-refractivity contribution is 0.101. The van der Waals surface area contributed by atoms with Gasteiger partial charge >= 0.3 is 0 Å². The minimum absolute atomic E-state index is 0.251. The minimum Gasteiger partial charge on any atom is -0.392 e. The van der Waals surface area contributed by atoms with Gasteiger partial charge in [0.1, 0.15) is 0 Å². The molecule has 1 aromatic heterocycles. The molecule has 2 N–H and O–H groups in total. The number of nitrogens with one attached hydrogen (secondary N) is 1. The van der Waals surface area contributed by atoms with Crippen LogP contribution in [-0.2, 0) is 6.54 Å². The number of nitrogens with zero attached hydrogens (tertiary/aromatic N) is 1. The lowest BCUT2D eigenvalue weighted by Gasteiger charge is -2.20. The van der Waals surface area contributed by atoms with Crippen LogP contribution in [0.3, 0.4) is 0 Å². The molecular formula is C13H22N2O. The summed E-state index contributed by atoms with van der Waals surface area (Å²) in [5.74, 6) is 0.399. The molecule has 0 saturated carbocycles. The van der Waals surface area contributed by atoms with E-state index >= 15 is 0 Å². The number of rotatable bonds is 7. The van der Waals surface area contributed by atoms with Crippen molar-refractivity contribution in [3.05, 3.63) is 30.1 Å². The molecule has 0 aromatic carbocycles. The summed E-state index contributed by atoms with van der Waals surface area (Å²) in [5, 5.41) is 13.1. The van der Waals surface area contributed by atoms with E-state index < -0.39 is 0 Å². The van der Waals surface area contributed by atoms with Gasteiger partial charge in [0.25, 0.3) is 0 Å². The molecule has 16 heavy (non-hydrogen) atoms. The third-order valence-electron chi connectivity index (χ3n) is 2.98. The molecule has 3 nitrogen and oxygen atoms in total. The summed E-state index contributed by atoms with van der Waals surface area (Å²) < 4.78 is 0. The van der Waals surface area contributed by atoms with Crippen LogP contribution in [0.4, 0.5) is 0 Å². The van der Waals surface area contributed by atoms with Crippen molar-refractivity contribution in [3.63, 3.8) is 0 Å². The number of hydrogen-bond donors (Lipinski definition) is 2. The molecule has 0 saturated heterocycles. The summed E-state index contributed by atoms with van der Waals surface area (Å²) in [6, 6.07) is 5.86. The molecule has 0 fully saturated rings. The summed E-state index contributed by atoms with van der Waals surface area (Å²) in [4.78, 5) is 4.22. The molecule has 0 aliphatic heterocycles. The summed E-state index contributed by atoms with van der Waals surface area (Å²) in [6.07, 6.45) is 3.60. The largest absolute Gasteiger partial charge is 0.392 e. The first-order valence-corrected chi connectivity index (χ1v) is 6.06. The Labute approximate surface area is 97.9 Å². The summed E-state index contributed by atoms with van der Waals surface area (Å²) in [7, 11) is 0. The molecule has 3 heteroatoms. The van der Waals surface area contributed by atoms with Crippen LogP contribution in [0.25, 0.3) is 0 Å². The van der Waals surface area contributed by atoms with E-state index in [4.69, 9.17) is 0 Å². The van der Waals surface area contributed by atoms with Crippen LogP contribution in [0.2, 0.25) is 0 Å². The lowest BCUT2D eigenvalue weighted by Crippen LogP contribution is -2.32. The molecule has 0 bridgehead atoms. The van der Waals surface area contributed by atoms with Crippen LogP contribution in [0, 0.1) is 5.92 Å². The number of hydrogen-bond acceptors (Lipinski definition) is 3. The van der Waals surface area contributed by atoms with Gasteiger partial charge in [-0.1, -0.05) is 32.8 Å². The quantitative estimate of drug-likeness (QED) is 0.741. The van der Waals surface area contributed by atoms with Gasteiger partial charge in [-0.2, -0.15) is 0 Å². The first kappa shape index (κ1) is 13.1. The van der Waals surface area contributed by atoms with E-state index in [0.717, 1.165) is 25.1 Å². The second kappa shape index (κ2) is 7.36. The van der Waals surface area contributed by atoms with E-state index in [1.54, 1.807) is 6.20 Å². The van der Waals surface area contributed by atoms with Crippen LogP contribution in [0.15, 0.2) is 24.4 Å². The van der Waals surface area contributed by atoms with Gasteiger partial charge in [-0.25, -0.2) is 0 Å². The average molecular weight is 222 g/mol. The molecular weight excluding hydrogens is 200 g/mol. The average Bonchev–Trinajstić information content (AvgIpc) is 2.32. The first-order chi connectivity index (χ1) is 7.77. The normalized spacial score (nSPS) is 13.0. The minimum atomic E-state index is -0.251. The van der Waals surface area contributed by atoms with Crippen LogP contribution in [0.1, 0.15) is 32.4 Å². The zero-order valence-corrected chi connectivity index (χ0v) is 10.2. The number of aromatic nitrogens is 1. The maximum absolute atomic E-state index is 9.90. The number of pyridine rings is 1. The van der Waals surface area contributed by atoms with Crippen molar-refractivity contribution in [1.82, 2.24) is 10.3 Å². The van der Waals surface area contributed by atoms with Gasteiger partial charge in [-0.15, -0.1) is 0 Å². The highest BCUT2D eigenvalue weighted by atomic mass is 16.3. The molecule has 1 unspecified atom stereocenters. The Morgan fingerprint density at radius 2 is 2.06 bits per heavy atom. The van der Waals surface area contributed by atoms with Gasteiger partial charge in [0.15, 0.2) is 0 Å². The van der Waals surface area contributed by atoms with Crippen LogP contribution < -0.4 is 5.32 Å². The molecule has 0 spiro atoms. The Hall–Kier alpha value is -0.930. The fourth-order valence-electron chi connectivity index (χ4n) is 1.85. The fraction of sp³-hybridized carbons (Fsp3) is 0.615. The molecule has 0 aliphatic carbocycles. The highest BCUT2D eigenvalue weighted by molar-refractivity contribution is 5.02. The summed E-state index contributed by atoms with van der Waals surface area (Å²) in [6.45, 7) is 5.60. The van der Waals surface area contributed by atoms with Gasteiger partial charge < -0.3 is 10.4 Å². The number of aliphatic hydroxyl groups is 1. The van der Waals surface area contributed by atoms with E-state index in [2.05, 4.69) is 24.1 Å². The van der Waals surface area contributed by atoms with Crippen LogP contribution >= 0.6 is 0 Å². The topological polar surface area (TPSA) is 45.1 Å². The Balaban J connectivity index is 2.25. The van der Waals surface area contributed by atoms with Crippen molar-refractivity contribution < 1.29 is 5.11 Å². The fourth-order valence-corrected chi connectivity index (χ4v) is 1.85. The number of aliphatic hydroxyl groups excluding tert-OH is 1. The predicted molar refractivity (Wildman–Crippen MR) is 66.0 cm³/mol. The van der Waals surface area contributed by atoms with E-state index in [-0.39, 0.29) is 6.10 Å². The molecule has 90 valence electrons.